The molecular weight excluding hydrogens is 368 g/mol. The van der Waals surface area contributed by atoms with Crippen LogP contribution in [-0.2, 0) is 4.79 Å². The van der Waals surface area contributed by atoms with Gasteiger partial charge in [-0.2, -0.15) is 5.10 Å². The van der Waals surface area contributed by atoms with Crippen LogP contribution in [0.3, 0.4) is 0 Å². The molecule has 3 rings (SSSR count). The average molecular weight is 390 g/mol. The van der Waals surface area contributed by atoms with E-state index in [4.69, 9.17) is 14.2 Å². The predicted molar refractivity (Wildman–Crippen MR) is 113 cm³/mol. The highest BCUT2D eigenvalue weighted by Gasteiger charge is 2.08. The normalized spacial score (nSPS) is 10.6. The third kappa shape index (κ3) is 5.35. The average Bonchev–Trinajstić information content (AvgIpc) is 2.78. The van der Waals surface area contributed by atoms with Crippen LogP contribution in [0.4, 0.5) is 0 Å². The predicted octanol–water partition coefficient (Wildman–Crippen LogP) is 3.90. The first kappa shape index (κ1) is 19.9. The van der Waals surface area contributed by atoms with Gasteiger partial charge in [0.05, 0.1) is 20.4 Å². The molecule has 3 aromatic rings. The molecule has 6 heteroatoms. The number of para-hydroxylation sites is 1. The van der Waals surface area contributed by atoms with Gasteiger partial charge in [-0.25, -0.2) is 5.43 Å². The lowest BCUT2D eigenvalue weighted by atomic mass is 10.1. The van der Waals surface area contributed by atoms with Gasteiger partial charge in [-0.05, 0) is 35.4 Å². The van der Waals surface area contributed by atoms with Gasteiger partial charge in [0.15, 0.2) is 18.1 Å². The summed E-state index contributed by atoms with van der Waals surface area (Å²) in [6.45, 7) is -0.142. The number of methoxy groups -OCH3 is 2. The molecule has 0 atom stereocenters. The van der Waals surface area contributed by atoms with E-state index in [9.17, 15) is 4.79 Å². The molecule has 0 fully saturated rings. The minimum atomic E-state index is -0.366. The van der Waals surface area contributed by atoms with Crippen LogP contribution in [0.2, 0.25) is 0 Å². The van der Waals surface area contributed by atoms with Crippen molar-refractivity contribution in [3.63, 3.8) is 0 Å². The summed E-state index contributed by atoms with van der Waals surface area (Å²) < 4.78 is 16.1. The number of carbonyl (C=O) groups excluding carboxylic acids is 1. The zero-order chi connectivity index (χ0) is 20.5. The maximum Gasteiger partial charge on any atom is 0.277 e. The Balaban J connectivity index is 1.52. The van der Waals surface area contributed by atoms with E-state index in [0.717, 1.165) is 11.1 Å². The number of amides is 1. The lowest BCUT2D eigenvalue weighted by molar-refractivity contribution is -0.123. The Bertz CT molecular complexity index is 970. The second-order valence-corrected chi connectivity index (χ2v) is 6.06. The van der Waals surface area contributed by atoms with E-state index in [0.29, 0.717) is 22.8 Å². The summed E-state index contributed by atoms with van der Waals surface area (Å²) in [6, 6.07) is 23.0. The van der Waals surface area contributed by atoms with E-state index in [1.54, 1.807) is 20.3 Å². The van der Waals surface area contributed by atoms with Gasteiger partial charge >= 0.3 is 0 Å². The summed E-state index contributed by atoms with van der Waals surface area (Å²) in [5.74, 6) is 1.38. The number of nitrogens with zero attached hydrogens (tertiary/aromatic N) is 1. The van der Waals surface area contributed by atoms with Crippen molar-refractivity contribution in [1.29, 1.82) is 0 Å². The Morgan fingerprint density at radius 2 is 1.62 bits per heavy atom. The highest BCUT2D eigenvalue weighted by atomic mass is 16.5. The maximum atomic E-state index is 12.0. The zero-order valence-electron chi connectivity index (χ0n) is 16.3. The minimum absolute atomic E-state index is 0.142. The molecule has 0 saturated carbocycles. The molecule has 29 heavy (non-hydrogen) atoms. The summed E-state index contributed by atoms with van der Waals surface area (Å²) in [6.07, 6.45) is 1.49. The van der Waals surface area contributed by atoms with Gasteiger partial charge in [0.2, 0.25) is 0 Å². The number of benzene rings is 3. The zero-order valence-corrected chi connectivity index (χ0v) is 16.3. The van der Waals surface area contributed by atoms with Crippen LogP contribution in [0.25, 0.3) is 11.1 Å². The second-order valence-electron chi connectivity index (χ2n) is 6.06. The first-order chi connectivity index (χ1) is 14.2. The van der Waals surface area contributed by atoms with E-state index >= 15 is 0 Å². The fraction of sp³-hybridized carbons (Fsp3) is 0.130. The van der Waals surface area contributed by atoms with Crippen molar-refractivity contribution in [3.05, 3.63) is 78.4 Å². The molecule has 3 aromatic carbocycles. The maximum absolute atomic E-state index is 12.0. The van der Waals surface area contributed by atoms with Gasteiger partial charge in [-0.1, -0.05) is 48.5 Å². The van der Waals surface area contributed by atoms with Gasteiger partial charge in [0, 0.05) is 5.56 Å². The molecular formula is C23H22N2O4. The van der Waals surface area contributed by atoms with Crippen molar-refractivity contribution in [1.82, 2.24) is 5.43 Å². The summed E-state index contributed by atoms with van der Waals surface area (Å²) in [4.78, 5) is 12.0. The lowest BCUT2D eigenvalue weighted by Crippen LogP contribution is -2.24. The number of ether oxygens (including phenoxy) is 3. The third-order valence-electron chi connectivity index (χ3n) is 4.16. The van der Waals surface area contributed by atoms with Crippen LogP contribution in [0.15, 0.2) is 77.9 Å². The van der Waals surface area contributed by atoms with Gasteiger partial charge in [-0.3, -0.25) is 4.79 Å². The van der Waals surface area contributed by atoms with Crippen molar-refractivity contribution < 1.29 is 19.0 Å². The smallest absolute Gasteiger partial charge is 0.277 e. The van der Waals surface area contributed by atoms with E-state index in [2.05, 4.69) is 10.5 Å². The molecule has 0 aliphatic heterocycles. The van der Waals surface area contributed by atoms with E-state index in [1.165, 1.54) is 6.21 Å². The highest BCUT2D eigenvalue weighted by Crippen LogP contribution is 2.29. The van der Waals surface area contributed by atoms with Crippen molar-refractivity contribution in [2.24, 2.45) is 5.10 Å². The molecule has 1 amide bonds. The molecule has 0 heterocycles. The number of rotatable bonds is 8. The number of hydrogen-bond acceptors (Lipinski definition) is 5. The van der Waals surface area contributed by atoms with Crippen molar-refractivity contribution >= 4 is 12.1 Å². The summed E-state index contributed by atoms with van der Waals surface area (Å²) in [5, 5.41) is 3.95. The molecule has 0 bridgehead atoms. The number of hydrogen-bond donors (Lipinski definition) is 1. The Kier molecular flexibility index (Phi) is 6.84. The van der Waals surface area contributed by atoms with Gasteiger partial charge in [-0.15, -0.1) is 0 Å². The molecule has 6 nitrogen and oxygen atoms in total. The molecule has 0 aromatic heterocycles. The van der Waals surface area contributed by atoms with Crippen LogP contribution in [-0.4, -0.2) is 32.9 Å². The fourth-order valence-corrected chi connectivity index (χ4v) is 2.74. The molecule has 148 valence electrons. The quantitative estimate of drug-likeness (QED) is 0.468. The Morgan fingerprint density at radius 1 is 0.897 bits per heavy atom. The molecule has 0 radical (unpaired) electrons. The first-order valence-electron chi connectivity index (χ1n) is 9.02. The Labute approximate surface area is 169 Å². The Morgan fingerprint density at radius 3 is 2.31 bits per heavy atom. The SMILES string of the molecule is COc1cccc(/C=N/NC(=O)COc2ccc(-c3ccccc3)cc2)c1OC. The molecule has 1 N–H and O–H groups in total. The molecule has 0 aliphatic carbocycles. The van der Waals surface area contributed by atoms with Gasteiger partial charge < -0.3 is 14.2 Å². The largest absolute Gasteiger partial charge is 0.493 e. The minimum Gasteiger partial charge on any atom is -0.493 e. The van der Waals surface area contributed by atoms with Crippen LogP contribution < -0.4 is 19.6 Å². The summed E-state index contributed by atoms with van der Waals surface area (Å²) in [5.41, 5.74) is 5.33. The van der Waals surface area contributed by atoms with Crippen LogP contribution >= 0.6 is 0 Å². The second kappa shape index (κ2) is 9.94. The topological polar surface area (TPSA) is 69.2 Å². The molecule has 0 unspecified atom stereocenters. The standard InChI is InChI=1S/C23H22N2O4/c1-27-21-10-6-9-19(23(21)28-2)15-24-25-22(26)16-29-20-13-11-18(12-14-20)17-7-4-3-5-8-17/h3-15H,16H2,1-2H3,(H,25,26)/b24-15+. The first-order valence-corrected chi connectivity index (χ1v) is 9.02. The van der Waals surface area contributed by atoms with Crippen LogP contribution in [0, 0.1) is 0 Å². The third-order valence-corrected chi connectivity index (χ3v) is 4.16. The molecule has 0 spiro atoms. The van der Waals surface area contributed by atoms with Crippen LogP contribution in [0.1, 0.15) is 5.56 Å². The fourth-order valence-electron chi connectivity index (χ4n) is 2.74. The van der Waals surface area contributed by atoms with Crippen molar-refractivity contribution in [2.45, 2.75) is 0 Å². The number of nitrogens with one attached hydrogen (secondary N) is 1. The monoisotopic (exact) mass is 390 g/mol. The van der Waals surface area contributed by atoms with E-state index in [1.807, 2.05) is 66.7 Å². The summed E-state index contributed by atoms with van der Waals surface area (Å²) in [7, 11) is 3.11. The van der Waals surface area contributed by atoms with Gasteiger partial charge in [0.25, 0.3) is 5.91 Å². The summed E-state index contributed by atoms with van der Waals surface area (Å²) >= 11 is 0. The molecule has 0 saturated heterocycles. The van der Waals surface area contributed by atoms with Crippen molar-refractivity contribution in [2.75, 3.05) is 20.8 Å². The number of carbonyl (C=O) groups is 1. The lowest BCUT2D eigenvalue weighted by Gasteiger charge is -2.09. The highest BCUT2D eigenvalue weighted by molar-refractivity contribution is 5.86. The number of hydrazone groups is 1. The molecule has 0 aliphatic rings. The van der Waals surface area contributed by atoms with E-state index < -0.39 is 0 Å². The van der Waals surface area contributed by atoms with Crippen molar-refractivity contribution in [3.8, 4) is 28.4 Å². The Hall–Kier alpha value is -3.80. The van der Waals surface area contributed by atoms with Crippen LogP contribution in [0.5, 0.6) is 17.2 Å². The van der Waals surface area contributed by atoms with Gasteiger partial charge in [0.1, 0.15) is 5.75 Å². The van der Waals surface area contributed by atoms with E-state index in [-0.39, 0.29) is 12.5 Å².